The van der Waals surface area contributed by atoms with E-state index in [0.717, 1.165) is 6.42 Å². The summed E-state index contributed by atoms with van der Waals surface area (Å²) in [5.41, 5.74) is 0.841. The molecule has 0 saturated carbocycles. The Balaban J connectivity index is 0.000000242. The molecule has 0 radical (unpaired) electrons. The minimum atomic E-state index is -6.09. The zero-order chi connectivity index (χ0) is 20.7. The summed E-state index contributed by atoms with van der Waals surface area (Å²) in [6.45, 7) is 2.23. The largest absolute Gasteiger partial charge is 0.741 e. The molecule has 2 aromatic heterocycles. The lowest BCUT2D eigenvalue weighted by atomic mass is 10.0. The van der Waals surface area contributed by atoms with E-state index >= 15 is 0 Å². The second-order valence-electron chi connectivity index (χ2n) is 6.20. The van der Waals surface area contributed by atoms with Gasteiger partial charge in [0.1, 0.15) is 12.6 Å². The lowest BCUT2D eigenvalue weighted by Gasteiger charge is -2.08. The summed E-state index contributed by atoms with van der Waals surface area (Å²) >= 11 is 0. The number of aryl methyl sites for hydroxylation is 2. The van der Waals surface area contributed by atoms with E-state index in [-0.39, 0.29) is 0 Å². The van der Waals surface area contributed by atoms with E-state index < -0.39 is 15.6 Å². The number of fused-ring (bicyclic) bond motifs is 4. The Bertz CT molecular complexity index is 1280. The molecule has 0 amide bonds. The number of rotatable bonds is 1. The van der Waals surface area contributed by atoms with Crippen molar-refractivity contribution in [3.05, 3.63) is 54.1 Å². The van der Waals surface area contributed by atoms with Crippen molar-refractivity contribution in [2.24, 2.45) is 7.05 Å². The highest BCUT2D eigenvalue weighted by atomic mass is 32.2. The SMILES string of the molecule is CCc1c2ccccc2[n+](C)c2c1[nH]c1ccccc12.O=S(=O)([O-])C(F)(F)F. The van der Waals surface area contributed by atoms with Crippen LogP contribution >= 0.6 is 0 Å². The molecule has 0 spiro atoms. The van der Waals surface area contributed by atoms with E-state index in [9.17, 15) is 13.2 Å². The zero-order valence-corrected chi connectivity index (χ0v) is 15.9. The van der Waals surface area contributed by atoms with Crippen molar-refractivity contribution in [2.45, 2.75) is 18.9 Å². The fourth-order valence-electron chi connectivity index (χ4n) is 3.34. The molecular formula is C19H17F3N2O3S. The van der Waals surface area contributed by atoms with E-state index in [1.54, 1.807) is 0 Å². The molecule has 1 N–H and O–H groups in total. The number of nitrogens with zero attached hydrogens (tertiary/aromatic N) is 1. The maximum absolute atomic E-state index is 10.7. The average molecular weight is 410 g/mol. The number of aromatic nitrogens is 2. The van der Waals surface area contributed by atoms with Crippen LogP contribution in [0.25, 0.3) is 32.8 Å². The zero-order valence-electron chi connectivity index (χ0n) is 15.0. The monoisotopic (exact) mass is 410 g/mol. The van der Waals surface area contributed by atoms with E-state index in [1.165, 1.54) is 38.4 Å². The van der Waals surface area contributed by atoms with Gasteiger partial charge >= 0.3 is 5.51 Å². The van der Waals surface area contributed by atoms with Gasteiger partial charge < -0.3 is 9.54 Å². The number of H-pyrrole nitrogens is 1. The van der Waals surface area contributed by atoms with Gasteiger partial charge in [0.25, 0.3) is 0 Å². The van der Waals surface area contributed by atoms with Crippen LogP contribution < -0.4 is 4.57 Å². The van der Waals surface area contributed by atoms with E-state index in [4.69, 9.17) is 13.0 Å². The van der Waals surface area contributed by atoms with E-state index in [2.05, 4.69) is 72.1 Å². The quantitative estimate of drug-likeness (QED) is 0.294. The Labute approximate surface area is 159 Å². The first-order valence-electron chi connectivity index (χ1n) is 8.38. The molecule has 0 fully saturated rings. The van der Waals surface area contributed by atoms with Crippen LogP contribution in [0.1, 0.15) is 12.5 Å². The molecule has 148 valence electrons. The maximum atomic E-state index is 10.7. The molecule has 4 aromatic rings. The molecule has 5 nitrogen and oxygen atoms in total. The summed E-state index contributed by atoms with van der Waals surface area (Å²) in [6, 6.07) is 17.2. The molecule has 0 aliphatic rings. The minimum absolute atomic E-state index is 1.03. The van der Waals surface area contributed by atoms with Crippen LogP contribution in [-0.2, 0) is 23.6 Å². The molecule has 4 rings (SSSR count). The third-order valence-corrected chi connectivity index (χ3v) is 5.11. The highest BCUT2D eigenvalue weighted by molar-refractivity contribution is 7.86. The third-order valence-electron chi connectivity index (χ3n) is 4.54. The number of nitrogens with one attached hydrogen (secondary N) is 1. The first-order chi connectivity index (χ1) is 13.1. The van der Waals surface area contributed by atoms with Crippen LogP contribution in [0.2, 0.25) is 0 Å². The van der Waals surface area contributed by atoms with Crippen LogP contribution in [-0.4, -0.2) is 23.5 Å². The van der Waals surface area contributed by atoms with Crippen molar-refractivity contribution in [1.82, 2.24) is 4.98 Å². The molecule has 0 aliphatic heterocycles. The fourth-order valence-corrected chi connectivity index (χ4v) is 3.34. The Morgan fingerprint density at radius 1 is 1.04 bits per heavy atom. The van der Waals surface area contributed by atoms with Crippen molar-refractivity contribution in [1.29, 1.82) is 0 Å². The summed E-state index contributed by atoms with van der Waals surface area (Å²) < 4.78 is 61.2. The highest BCUT2D eigenvalue weighted by Crippen LogP contribution is 2.29. The molecule has 0 bridgehead atoms. The van der Waals surface area contributed by atoms with Crippen molar-refractivity contribution >= 4 is 43.0 Å². The maximum Gasteiger partial charge on any atom is 0.485 e. The van der Waals surface area contributed by atoms with Gasteiger partial charge in [0, 0.05) is 6.07 Å². The lowest BCUT2D eigenvalue weighted by Crippen LogP contribution is -2.30. The topological polar surface area (TPSA) is 76.9 Å². The number of benzene rings is 2. The molecule has 2 heterocycles. The Morgan fingerprint density at radius 3 is 2.14 bits per heavy atom. The van der Waals surface area contributed by atoms with E-state index in [1.807, 2.05) is 0 Å². The fraction of sp³-hybridized carbons (Fsp3) is 0.211. The number of halogens is 3. The van der Waals surface area contributed by atoms with Crippen LogP contribution in [0.15, 0.2) is 48.5 Å². The first kappa shape index (κ1) is 20.1. The minimum Gasteiger partial charge on any atom is -0.741 e. The predicted molar refractivity (Wildman–Crippen MR) is 99.6 cm³/mol. The summed E-state index contributed by atoms with van der Waals surface area (Å²) in [7, 11) is -3.93. The van der Waals surface area contributed by atoms with Gasteiger partial charge in [0.15, 0.2) is 10.1 Å². The van der Waals surface area contributed by atoms with Crippen molar-refractivity contribution in [3.8, 4) is 0 Å². The molecule has 2 aromatic carbocycles. The molecule has 9 heteroatoms. The molecule has 0 aliphatic carbocycles. The molecule has 0 atom stereocenters. The number of pyridine rings is 1. The van der Waals surface area contributed by atoms with Gasteiger partial charge in [-0.3, -0.25) is 0 Å². The van der Waals surface area contributed by atoms with Gasteiger partial charge in [0.05, 0.1) is 16.3 Å². The summed E-state index contributed by atoms with van der Waals surface area (Å²) in [6.07, 6.45) is 1.03. The van der Waals surface area contributed by atoms with Gasteiger partial charge in [0.2, 0.25) is 11.0 Å². The Morgan fingerprint density at radius 2 is 1.57 bits per heavy atom. The number of alkyl halides is 3. The van der Waals surface area contributed by atoms with Crippen molar-refractivity contribution in [2.75, 3.05) is 0 Å². The molecule has 28 heavy (non-hydrogen) atoms. The number of hydrogen-bond acceptors (Lipinski definition) is 3. The summed E-state index contributed by atoms with van der Waals surface area (Å²) in [4.78, 5) is 3.61. The second kappa shape index (κ2) is 7.06. The Hall–Kier alpha value is -2.65. The normalized spacial score (nSPS) is 12.4. The second-order valence-corrected chi connectivity index (χ2v) is 7.57. The van der Waals surface area contributed by atoms with Gasteiger partial charge in [-0.25, -0.2) is 8.42 Å². The Kier molecular flexibility index (Phi) is 5.07. The van der Waals surface area contributed by atoms with Crippen LogP contribution in [0.3, 0.4) is 0 Å². The molecule has 0 saturated heterocycles. The van der Waals surface area contributed by atoms with E-state index in [0.29, 0.717) is 0 Å². The van der Waals surface area contributed by atoms with Gasteiger partial charge in [-0.15, -0.1) is 0 Å². The standard InChI is InChI=1S/C18H16N2.CHF3O3S/c1-3-12-13-8-5-7-11-16(13)20(2)18-14-9-4-6-10-15(14)19-17(12)18;2-1(3,4)8(5,6)7/h4-11H,3H2,1-2H3;(H,5,6,7). The molecule has 0 unspecified atom stereocenters. The smallest absolute Gasteiger partial charge is 0.485 e. The first-order valence-corrected chi connectivity index (χ1v) is 9.79. The lowest BCUT2D eigenvalue weighted by molar-refractivity contribution is -0.616. The van der Waals surface area contributed by atoms with Crippen LogP contribution in [0, 0.1) is 0 Å². The third kappa shape index (κ3) is 3.43. The highest BCUT2D eigenvalue weighted by Gasteiger charge is 2.36. The van der Waals surface area contributed by atoms with Gasteiger partial charge in [-0.1, -0.05) is 31.2 Å². The number of aromatic amines is 1. The van der Waals surface area contributed by atoms with Crippen molar-refractivity contribution in [3.63, 3.8) is 0 Å². The van der Waals surface area contributed by atoms with Crippen molar-refractivity contribution < 1.29 is 30.7 Å². The van der Waals surface area contributed by atoms with Crippen LogP contribution in [0.4, 0.5) is 13.2 Å². The van der Waals surface area contributed by atoms with Gasteiger partial charge in [-0.2, -0.15) is 17.7 Å². The summed E-state index contributed by atoms with van der Waals surface area (Å²) in [5, 5.41) is 2.64. The predicted octanol–water partition coefficient (Wildman–Crippen LogP) is 3.91. The average Bonchev–Trinajstić information content (AvgIpc) is 3.00. The summed E-state index contributed by atoms with van der Waals surface area (Å²) in [5.74, 6) is 0. The number of hydrogen-bond donors (Lipinski definition) is 1. The molecular weight excluding hydrogens is 393 g/mol. The number of para-hydroxylation sites is 2. The van der Waals surface area contributed by atoms with Crippen LogP contribution in [0.5, 0.6) is 0 Å². The van der Waals surface area contributed by atoms with Gasteiger partial charge in [-0.05, 0) is 30.2 Å².